The number of H-pyrrole nitrogens is 1. The summed E-state index contributed by atoms with van der Waals surface area (Å²) in [6.07, 6.45) is 10.0. The van der Waals surface area contributed by atoms with Gasteiger partial charge in [0, 0.05) is 36.2 Å². The molecule has 1 spiro atoms. The summed E-state index contributed by atoms with van der Waals surface area (Å²) in [6, 6.07) is 8.28. The van der Waals surface area contributed by atoms with Gasteiger partial charge in [-0.1, -0.05) is 25.3 Å². The highest BCUT2D eigenvalue weighted by Gasteiger charge is 2.56. The number of benzene rings is 1. The molecule has 1 aromatic carbocycles. The number of pyridine rings is 1. The fourth-order valence-corrected chi connectivity index (χ4v) is 8.45. The number of likely N-dealkylation sites (tertiary alicyclic amines) is 1. The number of nitrogens with one attached hydrogen (secondary N) is 1. The van der Waals surface area contributed by atoms with E-state index in [4.69, 9.17) is 11.6 Å². The zero-order chi connectivity index (χ0) is 25.6. The number of rotatable bonds is 3. The van der Waals surface area contributed by atoms with Crippen LogP contribution in [0.15, 0.2) is 30.3 Å². The maximum atomic E-state index is 14.8. The van der Waals surface area contributed by atoms with Crippen molar-refractivity contribution in [1.29, 1.82) is 0 Å². The van der Waals surface area contributed by atoms with Crippen molar-refractivity contribution in [3.05, 3.63) is 63.9 Å². The number of nitrogens with zero attached hydrogens (tertiary/aromatic N) is 1. The lowest BCUT2D eigenvalue weighted by Gasteiger charge is -2.47. The van der Waals surface area contributed by atoms with Gasteiger partial charge in [-0.15, -0.1) is 0 Å². The number of piperidine rings is 1. The van der Waals surface area contributed by atoms with Crippen molar-refractivity contribution in [2.45, 2.75) is 81.6 Å². The fourth-order valence-electron chi connectivity index (χ4n) is 8.28. The van der Waals surface area contributed by atoms with Gasteiger partial charge in [0.05, 0.1) is 18.5 Å². The van der Waals surface area contributed by atoms with E-state index >= 15 is 0 Å². The summed E-state index contributed by atoms with van der Waals surface area (Å²) in [7, 11) is 0. The molecule has 4 atom stereocenters. The fraction of sp³-hybridized carbons (Fsp3) is 0.600. The Hall–Kier alpha value is -2.05. The van der Waals surface area contributed by atoms with E-state index in [0.717, 1.165) is 45.2 Å². The van der Waals surface area contributed by atoms with E-state index in [9.17, 15) is 13.6 Å². The molecule has 3 fully saturated rings. The average Bonchev–Trinajstić information content (AvgIpc) is 3.32. The minimum Gasteiger partial charge on any atom is -0.345 e. The van der Waals surface area contributed by atoms with Crippen molar-refractivity contribution in [2.24, 2.45) is 11.8 Å². The molecule has 0 radical (unpaired) electrons. The van der Waals surface area contributed by atoms with Gasteiger partial charge in [-0.25, -0.2) is 8.78 Å². The first kappa shape index (κ1) is 25.2. The topological polar surface area (TPSA) is 51.1 Å². The van der Waals surface area contributed by atoms with Gasteiger partial charge in [-0.3, -0.25) is 4.79 Å². The zero-order valence-electron chi connectivity index (χ0n) is 21.5. The lowest BCUT2D eigenvalue weighted by molar-refractivity contribution is -0.640. The van der Waals surface area contributed by atoms with E-state index < -0.39 is 11.6 Å². The molecule has 3 N–H and O–H groups in total. The van der Waals surface area contributed by atoms with Crippen molar-refractivity contribution in [3.8, 4) is 0 Å². The Balaban J connectivity index is 1.32. The summed E-state index contributed by atoms with van der Waals surface area (Å²) >= 11 is 6.29. The summed E-state index contributed by atoms with van der Waals surface area (Å²) in [4.78, 5) is 20.0. The Morgan fingerprint density at radius 1 is 1.05 bits per heavy atom. The molecule has 7 heteroatoms. The van der Waals surface area contributed by atoms with Crippen LogP contribution in [0.2, 0.25) is 5.15 Å². The molecule has 2 aliphatic carbocycles. The number of fused-ring (bicyclic) bond motifs is 2. The van der Waals surface area contributed by atoms with Crippen LogP contribution in [0.3, 0.4) is 0 Å². The molecule has 2 saturated heterocycles. The number of aryl methyl sites for hydroxylation is 1. The van der Waals surface area contributed by atoms with Gasteiger partial charge in [0.1, 0.15) is 17.6 Å². The van der Waals surface area contributed by atoms with Crippen LogP contribution in [0.4, 0.5) is 8.78 Å². The van der Waals surface area contributed by atoms with E-state index in [0.29, 0.717) is 30.5 Å². The SMILES string of the molecule is O=C([C@@H]1C[NH2+]C[C@]12CCCc1[nH+]c(Cl)ccc12)N1CC[C@@H](c2c(F)cccc2F)C[C@H]1C1CCCCC1. The van der Waals surface area contributed by atoms with Gasteiger partial charge in [0.2, 0.25) is 5.91 Å². The molecule has 4 aliphatic rings. The van der Waals surface area contributed by atoms with Crippen LogP contribution < -0.4 is 10.3 Å². The van der Waals surface area contributed by atoms with E-state index in [1.165, 1.54) is 48.7 Å². The molecule has 1 amide bonds. The Morgan fingerprint density at radius 2 is 1.84 bits per heavy atom. The second kappa shape index (κ2) is 10.3. The summed E-state index contributed by atoms with van der Waals surface area (Å²) < 4.78 is 29.6. The van der Waals surface area contributed by atoms with Crippen molar-refractivity contribution in [1.82, 2.24) is 4.90 Å². The summed E-state index contributed by atoms with van der Waals surface area (Å²) in [6.45, 7) is 2.28. The predicted octanol–water partition coefficient (Wildman–Crippen LogP) is 4.55. The van der Waals surface area contributed by atoms with Crippen molar-refractivity contribution >= 4 is 17.5 Å². The second-order valence-corrected chi connectivity index (χ2v) is 12.3. The van der Waals surface area contributed by atoms with Crippen LogP contribution in [0.5, 0.6) is 0 Å². The highest BCUT2D eigenvalue weighted by atomic mass is 35.5. The van der Waals surface area contributed by atoms with Crippen LogP contribution >= 0.6 is 11.6 Å². The number of hydrogen-bond acceptors (Lipinski definition) is 1. The minimum atomic E-state index is -0.453. The summed E-state index contributed by atoms with van der Waals surface area (Å²) in [5, 5.41) is 2.95. The van der Waals surface area contributed by atoms with Crippen LogP contribution in [-0.2, 0) is 16.6 Å². The van der Waals surface area contributed by atoms with Gasteiger partial charge in [0.25, 0.3) is 5.15 Å². The first-order valence-electron chi connectivity index (χ1n) is 14.2. The molecule has 2 aliphatic heterocycles. The second-order valence-electron chi connectivity index (χ2n) is 11.8. The van der Waals surface area contributed by atoms with Crippen LogP contribution in [-0.4, -0.2) is 36.5 Å². The first-order chi connectivity index (χ1) is 18.0. The lowest BCUT2D eigenvalue weighted by Crippen LogP contribution is -2.82. The van der Waals surface area contributed by atoms with Crippen molar-refractivity contribution in [2.75, 3.05) is 19.6 Å². The standard InChI is InChI=1S/C30H36ClF2N3O/c31-27-12-11-21-25(35-27)10-5-14-30(21)18-34-17-22(30)29(37)36-15-13-20(28-23(32)8-4-9-24(28)33)16-26(36)19-6-2-1-3-7-19/h4,8-9,11-12,19-20,22,26,34H,1-3,5-7,10,13-18H2/p+2/t20-,22+,26+,30+/m1/s1. The highest BCUT2D eigenvalue weighted by molar-refractivity contribution is 6.28. The van der Waals surface area contributed by atoms with E-state index in [2.05, 4.69) is 21.3 Å². The highest BCUT2D eigenvalue weighted by Crippen LogP contribution is 2.46. The van der Waals surface area contributed by atoms with Crippen LogP contribution in [0.25, 0.3) is 0 Å². The Kier molecular flexibility index (Phi) is 7.00. The number of nitrogens with two attached hydrogens (primary N) is 1. The third-order valence-corrected chi connectivity index (χ3v) is 10.2. The molecule has 1 saturated carbocycles. The third-order valence-electron chi connectivity index (χ3n) is 9.98. The van der Waals surface area contributed by atoms with Gasteiger partial charge < -0.3 is 10.2 Å². The molecule has 2 aromatic rings. The Bertz CT molecular complexity index is 1150. The van der Waals surface area contributed by atoms with Gasteiger partial charge >= 0.3 is 0 Å². The number of halogens is 3. The number of aromatic nitrogens is 1. The minimum absolute atomic E-state index is 0.0445. The van der Waals surface area contributed by atoms with E-state index in [1.807, 2.05) is 6.07 Å². The van der Waals surface area contributed by atoms with Gasteiger partial charge in [0.15, 0.2) is 5.69 Å². The van der Waals surface area contributed by atoms with Crippen LogP contribution in [0, 0.1) is 23.5 Å². The quantitative estimate of drug-likeness (QED) is 0.582. The van der Waals surface area contributed by atoms with E-state index in [1.54, 1.807) is 0 Å². The van der Waals surface area contributed by atoms with Crippen molar-refractivity contribution in [3.63, 3.8) is 0 Å². The van der Waals surface area contributed by atoms with E-state index in [-0.39, 0.29) is 34.8 Å². The maximum Gasteiger partial charge on any atom is 0.273 e. The molecular weight excluding hydrogens is 492 g/mol. The normalized spacial score (nSPS) is 30.5. The Labute approximate surface area is 223 Å². The number of aromatic amines is 1. The Morgan fingerprint density at radius 3 is 2.62 bits per heavy atom. The van der Waals surface area contributed by atoms with Crippen LogP contribution in [0.1, 0.15) is 80.5 Å². The monoisotopic (exact) mass is 529 g/mol. The molecule has 3 heterocycles. The summed E-state index contributed by atoms with van der Waals surface area (Å²) in [5.74, 6) is -0.528. The number of hydrogen-bond donors (Lipinski definition) is 1. The number of quaternary nitrogens is 1. The molecule has 6 rings (SSSR count). The molecule has 37 heavy (non-hydrogen) atoms. The third kappa shape index (κ3) is 4.48. The van der Waals surface area contributed by atoms with Gasteiger partial charge in [-0.05, 0) is 80.2 Å². The maximum absolute atomic E-state index is 14.8. The molecule has 1 aromatic heterocycles. The first-order valence-corrected chi connectivity index (χ1v) is 14.6. The largest absolute Gasteiger partial charge is 0.345 e. The lowest BCUT2D eigenvalue weighted by atomic mass is 9.64. The average molecular weight is 530 g/mol. The summed E-state index contributed by atoms with van der Waals surface area (Å²) in [5.41, 5.74) is 2.46. The number of carbonyl (C=O) groups is 1. The number of amides is 1. The molecule has 0 bridgehead atoms. The van der Waals surface area contributed by atoms with Gasteiger partial charge in [-0.2, -0.15) is 4.98 Å². The van der Waals surface area contributed by atoms with Crippen molar-refractivity contribution < 1.29 is 23.9 Å². The molecular formula is C30H38ClF2N3O+2. The zero-order valence-corrected chi connectivity index (χ0v) is 22.2. The smallest absolute Gasteiger partial charge is 0.273 e. The predicted molar refractivity (Wildman–Crippen MR) is 138 cm³/mol. The number of carbonyl (C=O) groups excluding carboxylic acids is 1. The molecule has 198 valence electrons. The molecule has 4 nitrogen and oxygen atoms in total. The molecule has 0 unspecified atom stereocenters.